The zero-order chi connectivity index (χ0) is 23.8. The summed E-state index contributed by atoms with van der Waals surface area (Å²) in [5, 5.41) is 0. The number of benzene rings is 2. The second-order valence-electron chi connectivity index (χ2n) is 8.87. The minimum absolute atomic E-state index is 0.117. The maximum absolute atomic E-state index is 14.5. The first-order valence-corrected chi connectivity index (χ1v) is 11.2. The van der Waals surface area contributed by atoms with Crippen molar-refractivity contribution in [3.8, 4) is 0 Å². The average molecular weight is 461 g/mol. The van der Waals surface area contributed by atoms with Gasteiger partial charge in [-0.05, 0) is 47.9 Å². The summed E-state index contributed by atoms with van der Waals surface area (Å²) in [5.74, 6) is -0.324. The number of fused-ring (bicyclic) bond motifs is 1. The van der Waals surface area contributed by atoms with Gasteiger partial charge in [0.1, 0.15) is 17.2 Å². The quantitative estimate of drug-likeness (QED) is 0.372. The molecular weight excluding hydrogens is 437 g/mol. The third-order valence-corrected chi connectivity index (χ3v) is 6.26. The third-order valence-electron chi connectivity index (χ3n) is 6.26. The van der Waals surface area contributed by atoms with E-state index in [1.165, 1.54) is 10.6 Å². The van der Waals surface area contributed by atoms with Gasteiger partial charge in [0.25, 0.3) is 5.56 Å². The Morgan fingerprint density at radius 2 is 1.85 bits per heavy atom. The van der Waals surface area contributed by atoms with Crippen LogP contribution in [-0.2, 0) is 24.2 Å². The van der Waals surface area contributed by atoms with Crippen LogP contribution in [0.4, 0.5) is 4.39 Å². The van der Waals surface area contributed by atoms with Crippen molar-refractivity contribution in [1.29, 1.82) is 0 Å². The smallest absolute Gasteiger partial charge is 0.330 e. The molecule has 0 aliphatic heterocycles. The van der Waals surface area contributed by atoms with Crippen LogP contribution in [0.2, 0.25) is 0 Å². The summed E-state index contributed by atoms with van der Waals surface area (Å²) < 4.78 is 16.0. The Kier molecular flexibility index (Phi) is 5.61. The summed E-state index contributed by atoms with van der Waals surface area (Å²) in [5.41, 5.74) is 6.89. The number of halogens is 1. The predicted molar refractivity (Wildman–Crippen MR) is 125 cm³/mol. The lowest BCUT2D eigenvalue weighted by atomic mass is 9.90. The lowest BCUT2D eigenvalue weighted by Gasteiger charge is -2.16. The van der Waals surface area contributed by atoms with Crippen LogP contribution in [-0.4, -0.2) is 25.4 Å². The number of hydrogen-bond acceptors (Lipinski definition) is 4. The summed E-state index contributed by atoms with van der Waals surface area (Å²) in [6.07, 6.45) is 2.48. The van der Waals surface area contributed by atoms with Crippen LogP contribution in [0.3, 0.4) is 0 Å². The standard InChI is InChI=1S/C25H24FN5O3/c26-19-4-2-1-3-17(19)12-18(16-9-7-14(8-10-16)11-20(27)32)22-28-21-23(29-22)31(13-15-5-6-15)25(34)30-24(21)33/h1-4,7-10,15,18H,5-6,11-13H2,(H2,27,32)(H,28,29)(H,30,33,34). The fraction of sp³-hybridized carbons (Fsp3) is 0.280. The number of nitrogens with zero attached hydrogens (tertiary/aromatic N) is 2. The Hall–Kier alpha value is -4.01. The second-order valence-corrected chi connectivity index (χ2v) is 8.87. The van der Waals surface area contributed by atoms with Crippen LogP contribution in [0.5, 0.6) is 0 Å². The molecule has 2 aromatic carbocycles. The molecule has 8 nitrogen and oxygen atoms in total. The van der Waals surface area contributed by atoms with Gasteiger partial charge in [-0.2, -0.15) is 0 Å². The summed E-state index contributed by atoms with van der Waals surface area (Å²) in [6, 6.07) is 13.8. The number of H-pyrrole nitrogens is 2. The Bertz CT molecular complexity index is 1480. The van der Waals surface area contributed by atoms with Crippen molar-refractivity contribution >= 4 is 17.1 Å². The number of hydrogen-bond donors (Lipinski definition) is 3. The van der Waals surface area contributed by atoms with Crippen molar-refractivity contribution in [1.82, 2.24) is 19.5 Å². The van der Waals surface area contributed by atoms with Gasteiger partial charge in [-0.25, -0.2) is 14.2 Å². The van der Waals surface area contributed by atoms with E-state index in [-0.39, 0.29) is 24.2 Å². The van der Waals surface area contributed by atoms with Crippen molar-refractivity contribution in [3.63, 3.8) is 0 Å². The van der Waals surface area contributed by atoms with E-state index in [0.717, 1.165) is 24.0 Å². The highest BCUT2D eigenvalue weighted by molar-refractivity contribution is 5.76. The van der Waals surface area contributed by atoms with Crippen molar-refractivity contribution in [3.05, 3.63) is 97.7 Å². The van der Waals surface area contributed by atoms with Crippen LogP contribution in [0.15, 0.2) is 58.1 Å². The first-order chi connectivity index (χ1) is 16.4. The first-order valence-electron chi connectivity index (χ1n) is 11.2. The third kappa shape index (κ3) is 4.41. The summed E-state index contributed by atoms with van der Waals surface area (Å²) in [4.78, 5) is 46.4. The normalized spacial score (nSPS) is 14.4. The molecule has 174 valence electrons. The largest absolute Gasteiger partial charge is 0.369 e. The molecule has 1 fully saturated rings. The Balaban J connectivity index is 1.61. The molecule has 34 heavy (non-hydrogen) atoms. The van der Waals surface area contributed by atoms with Crippen molar-refractivity contribution in [2.24, 2.45) is 11.7 Å². The number of nitrogens with two attached hydrogens (primary N) is 1. The molecular formula is C25H24FN5O3. The second kappa shape index (κ2) is 8.74. The van der Waals surface area contributed by atoms with Gasteiger partial charge in [0, 0.05) is 12.5 Å². The van der Waals surface area contributed by atoms with Gasteiger partial charge in [-0.1, -0.05) is 42.5 Å². The molecule has 1 aliphatic carbocycles. The van der Waals surface area contributed by atoms with E-state index in [4.69, 9.17) is 5.73 Å². The minimum Gasteiger partial charge on any atom is -0.369 e. The Labute approximate surface area is 193 Å². The highest BCUT2D eigenvalue weighted by Crippen LogP contribution is 2.32. The van der Waals surface area contributed by atoms with E-state index in [1.54, 1.807) is 30.3 Å². The molecule has 0 saturated heterocycles. The maximum Gasteiger partial charge on any atom is 0.330 e. The minimum atomic E-state index is -0.535. The average Bonchev–Trinajstić information content (AvgIpc) is 3.52. The molecule has 0 bridgehead atoms. The van der Waals surface area contributed by atoms with Gasteiger partial charge in [-0.3, -0.25) is 19.1 Å². The van der Waals surface area contributed by atoms with Gasteiger partial charge < -0.3 is 10.7 Å². The monoisotopic (exact) mass is 461 g/mol. The molecule has 1 unspecified atom stereocenters. The van der Waals surface area contributed by atoms with Crippen molar-refractivity contribution < 1.29 is 9.18 Å². The first kappa shape index (κ1) is 21.8. The molecule has 4 aromatic rings. The zero-order valence-corrected chi connectivity index (χ0v) is 18.4. The molecule has 5 rings (SSSR count). The van der Waals surface area contributed by atoms with Crippen LogP contribution in [0.1, 0.15) is 41.3 Å². The van der Waals surface area contributed by atoms with Crippen LogP contribution in [0, 0.1) is 11.7 Å². The molecule has 4 N–H and O–H groups in total. The number of carbonyl (C=O) groups is 1. The molecule has 0 radical (unpaired) electrons. The van der Waals surface area contributed by atoms with Crippen LogP contribution in [0.25, 0.3) is 11.2 Å². The maximum atomic E-state index is 14.5. The lowest BCUT2D eigenvalue weighted by molar-refractivity contribution is -0.117. The van der Waals surface area contributed by atoms with Gasteiger partial charge in [0.05, 0.1) is 6.42 Å². The number of amides is 1. The van der Waals surface area contributed by atoms with Crippen LogP contribution >= 0.6 is 0 Å². The van der Waals surface area contributed by atoms with E-state index in [0.29, 0.717) is 29.5 Å². The summed E-state index contributed by atoms with van der Waals surface area (Å²) in [7, 11) is 0. The molecule has 2 aromatic heterocycles. The molecule has 9 heteroatoms. The number of primary amides is 1. The fourth-order valence-electron chi connectivity index (χ4n) is 4.28. The SMILES string of the molecule is NC(=O)Cc1ccc(C(Cc2ccccc2F)c2nc3c([nH]2)c(=O)[nH]c(=O)n3CC2CC2)cc1. The number of imidazole rings is 1. The zero-order valence-electron chi connectivity index (χ0n) is 18.4. The van der Waals surface area contributed by atoms with E-state index >= 15 is 0 Å². The summed E-state index contributed by atoms with van der Waals surface area (Å²) in [6.45, 7) is 0.496. The van der Waals surface area contributed by atoms with Crippen molar-refractivity contribution in [2.45, 2.75) is 38.1 Å². The fourth-order valence-corrected chi connectivity index (χ4v) is 4.28. The van der Waals surface area contributed by atoms with Gasteiger partial charge >= 0.3 is 5.69 Å². The topological polar surface area (TPSA) is 127 Å². The molecule has 1 amide bonds. The Morgan fingerprint density at radius 1 is 1.12 bits per heavy atom. The number of carbonyl (C=O) groups excluding carboxylic acids is 1. The van der Waals surface area contributed by atoms with E-state index in [1.807, 2.05) is 12.1 Å². The van der Waals surface area contributed by atoms with E-state index in [9.17, 15) is 18.8 Å². The predicted octanol–water partition coefficient (Wildman–Crippen LogP) is 2.36. The van der Waals surface area contributed by atoms with Crippen molar-refractivity contribution in [2.75, 3.05) is 0 Å². The molecule has 1 saturated carbocycles. The lowest BCUT2D eigenvalue weighted by Crippen LogP contribution is -2.30. The van der Waals surface area contributed by atoms with E-state index < -0.39 is 23.1 Å². The van der Waals surface area contributed by atoms with Gasteiger partial charge in [-0.15, -0.1) is 0 Å². The number of aromatic nitrogens is 4. The van der Waals surface area contributed by atoms with Crippen LogP contribution < -0.4 is 17.0 Å². The summed E-state index contributed by atoms with van der Waals surface area (Å²) >= 11 is 0. The Morgan fingerprint density at radius 3 is 2.53 bits per heavy atom. The highest BCUT2D eigenvalue weighted by Gasteiger charge is 2.26. The molecule has 1 aliphatic rings. The number of aromatic amines is 2. The number of nitrogens with one attached hydrogen (secondary N) is 2. The molecule has 0 spiro atoms. The van der Waals surface area contributed by atoms with E-state index in [2.05, 4.69) is 15.0 Å². The highest BCUT2D eigenvalue weighted by atomic mass is 19.1. The van der Waals surface area contributed by atoms with Gasteiger partial charge in [0.15, 0.2) is 5.65 Å². The van der Waals surface area contributed by atoms with Gasteiger partial charge in [0.2, 0.25) is 5.91 Å². The molecule has 2 heterocycles. The number of rotatable bonds is 8. The molecule has 1 atom stereocenters.